The minimum Gasteiger partial charge on any atom is -0.0625 e. The first kappa shape index (κ1) is 11.1. The molecule has 2 unspecified atom stereocenters. The molecule has 2 atom stereocenters. The zero-order valence-corrected chi connectivity index (χ0v) is 11.0. The number of hydrogen-bond acceptors (Lipinski definition) is 0. The van der Waals surface area contributed by atoms with Gasteiger partial charge in [0, 0.05) is 0 Å². The summed E-state index contributed by atoms with van der Waals surface area (Å²) in [5, 5.41) is 0. The Balaban J connectivity index is 1.56. The number of rotatable bonds is 1. The van der Waals surface area contributed by atoms with E-state index in [1.165, 1.54) is 25.7 Å². The maximum Gasteiger partial charge on any atom is -0.0380 e. The molecule has 0 nitrogen and oxygen atoms in total. The molecule has 0 amide bonds. The molecule has 16 heavy (non-hydrogen) atoms. The summed E-state index contributed by atoms with van der Waals surface area (Å²) >= 11 is 0. The Morgan fingerprint density at radius 1 is 0.562 bits per heavy atom. The van der Waals surface area contributed by atoms with E-state index in [2.05, 4.69) is 6.92 Å². The van der Waals surface area contributed by atoms with Gasteiger partial charge in [-0.3, -0.25) is 0 Å². The molecule has 3 aliphatic carbocycles. The second-order valence-electron chi connectivity index (χ2n) is 7.06. The van der Waals surface area contributed by atoms with Crippen molar-refractivity contribution >= 4 is 0 Å². The summed E-state index contributed by atoms with van der Waals surface area (Å²) in [4.78, 5) is 0. The summed E-state index contributed by atoms with van der Waals surface area (Å²) in [5.41, 5.74) is 0. The van der Waals surface area contributed by atoms with E-state index in [4.69, 9.17) is 0 Å². The first-order valence-electron chi connectivity index (χ1n) is 7.83. The number of hydrogen-bond donors (Lipinski definition) is 0. The average Bonchev–Trinajstić information content (AvgIpc) is 2.73. The Morgan fingerprint density at radius 3 is 1.69 bits per heavy atom. The summed E-state index contributed by atoms with van der Waals surface area (Å²) in [6, 6.07) is 0. The molecule has 3 aliphatic rings. The van der Waals surface area contributed by atoms with Gasteiger partial charge in [-0.15, -0.1) is 0 Å². The maximum atomic E-state index is 2.45. The van der Waals surface area contributed by atoms with Crippen LogP contribution in [0.4, 0.5) is 0 Å². The van der Waals surface area contributed by atoms with Crippen LogP contribution in [0.15, 0.2) is 0 Å². The van der Waals surface area contributed by atoms with Gasteiger partial charge in [-0.05, 0) is 55.3 Å². The van der Waals surface area contributed by atoms with E-state index in [1.807, 2.05) is 0 Å². The summed E-state index contributed by atoms with van der Waals surface area (Å²) in [6.07, 6.45) is 15.6. The van der Waals surface area contributed by atoms with E-state index in [-0.39, 0.29) is 0 Å². The van der Waals surface area contributed by atoms with Crippen LogP contribution in [0.25, 0.3) is 0 Å². The van der Waals surface area contributed by atoms with Gasteiger partial charge in [0.15, 0.2) is 0 Å². The third-order valence-corrected chi connectivity index (χ3v) is 6.00. The normalized spacial score (nSPS) is 48.9. The predicted molar refractivity (Wildman–Crippen MR) is 69.3 cm³/mol. The highest BCUT2D eigenvalue weighted by Crippen LogP contribution is 2.50. The second kappa shape index (κ2) is 4.70. The highest BCUT2D eigenvalue weighted by atomic mass is 14.4. The predicted octanol–water partition coefficient (Wildman–Crippen LogP) is 5.03. The van der Waals surface area contributed by atoms with Gasteiger partial charge in [0.25, 0.3) is 0 Å². The van der Waals surface area contributed by atoms with Gasteiger partial charge in [-0.2, -0.15) is 0 Å². The van der Waals surface area contributed by atoms with Crippen LogP contribution >= 0.6 is 0 Å². The molecular formula is C16H28. The lowest BCUT2D eigenvalue weighted by molar-refractivity contribution is 0.209. The van der Waals surface area contributed by atoms with Crippen molar-refractivity contribution < 1.29 is 0 Å². The molecule has 3 rings (SSSR count). The standard InChI is InChI=1S/C16H28/c1-12-6-8-13(9-7-12)16-10-14-4-2-3-5-15(14)11-16/h12-16H,2-11H2,1H3. The van der Waals surface area contributed by atoms with E-state index < -0.39 is 0 Å². The Kier molecular flexibility index (Phi) is 3.27. The fourth-order valence-electron chi connectivity index (χ4n) is 4.92. The summed E-state index contributed by atoms with van der Waals surface area (Å²) < 4.78 is 0. The smallest absolute Gasteiger partial charge is 0.0380 e. The zero-order chi connectivity index (χ0) is 11.0. The molecule has 0 aromatic heterocycles. The first-order valence-corrected chi connectivity index (χ1v) is 7.83. The van der Waals surface area contributed by atoms with Crippen LogP contribution in [0.2, 0.25) is 0 Å². The molecule has 0 heteroatoms. The van der Waals surface area contributed by atoms with Crippen molar-refractivity contribution in [2.24, 2.45) is 29.6 Å². The Bertz CT molecular complexity index is 210. The number of fused-ring (bicyclic) bond motifs is 1. The molecule has 0 bridgehead atoms. The molecule has 0 heterocycles. The van der Waals surface area contributed by atoms with Gasteiger partial charge in [-0.25, -0.2) is 0 Å². The van der Waals surface area contributed by atoms with Crippen molar-refractivity contribution in [3.8, 4) is 0 Å². The van der Waals surface area contributed by atoms with Crippen LogP contribution in [0.1, 0.15) is 71.1 Å². The molecular weight excluding hydrogens is 192 g/mol. The molecule has 0 saturated heterocycles. The Morgan fingerprint density at radius 2 is 1.12 bits per heavy atom. The maximum absolute atomic E-state index is 2.45. The van der Waals surface area contributed by atoms with E-state index >= 15 is 0 Å². The summed E-state index contributed by atoms with van der Waals surface area (Å²) in [6.45, 7) is 2.45. The van der Waals surface area contributed by atoms with Gasteiger partial charge in [0.2, 0.25) is 0 Å². The minimum absolute atomic E-state index is 1.03. The molecule has 0 N–H and O–H groups in total. The fraction of sp³-hybridized carbons (Fsp3) is 1.00. The first-order chi connectivity index (χ1) is 7.83. The Labute approximate surface area is 101 Å². The van der Waals surface area contributed by atoms with Crippen molar-refractivity contribution in [1.82, 2.24) is 0 Å². The van der Waals surface area contributed by atoms with Crippen LogP contribution in [0, 0.1) is 29.6 Å². The molecule has 0 aliphatic heterocycles. The average molecular weight is 220 g/mol. The largest absolute Gasteiger partial charge is 0.0625 e. The molecule has 92 valence electrons. The molecule has 3 fully saturated rings. The van der Waals surface area contributed by atoms with Crippen LogP contribution in [0.5, 0.6) is 0 Å². The molecule has 0 spiro atoms. The van der Waals surface area contributed by atoms with E-state index in [0.717, 1.165) is 29.6 Å². The quantitative estimate of drug-likeness (QED) is 0.581. The molecule has 0 aromatic rings. The van der Waals surface area contributed by atoms with Crippen molar-refractivity contribution in [2.75, 3.05) is 0 Å². The Hall–Kier alpha value is 0. The lowest BCUT2D eigenvalue weighted by Gasteiger charge is -2.30. The monoisotopic (exact) mass is 220 g/mol. The van der Waals surface area contributed by atoms with E-state index in [9.17, 15) is 0 Å². The molecule has 0 radical (unpaired) electrons. The molecule has 3 saturated carbocycles. The summed E-state index contributed by atoms with van der Waals surface area (Å²) in [5.74, 6) is 5.60. The SMILES string of the molecule is CC1CCC(C2CC3CCCCC3C2)CC1. The van der Waals surface area contributed by atoms with Gasteiger partial charge in [0.1, 0.15) is 0 Å². The highest BCUT2D eigenvalue weighted by Gasteiger charge is 2.39. The lowest BCUT2D eigenvalue weighted by Crippen LogP contribution is -2.19. The van der Waals surface area contributed by atoms with E-state index in [1.54, 1.807) is 38.5 Å². The lowest BCUT2D eigenvalue weighted by atomic mass is 9.75. The van der Waals surface area contributed by atoms with Crippen LogP contribution in [0.3, 0.4) is 0 Å². The van der Waals surface area contributed by atoms with Gasteiger partial charge in [-0.1, -0.05) is 45.4 Å². The van der Waals surface area contributed by atoms with Crippen LogP contribution in [-0.4, -0.2) is 0 Å². The van der Waals surface area contributed by atoms with Crippen molar-refractivity contribution in [2.45, 2.75) is 71.1 Å². The van der Waals surface area contributed by atoms with Crippen molar-refractivity contribution in [3.63, 3.8) is 0 Å². The van der Waals surface area contributed by atoms with Gasteiger partial charge < -0.3 is 0 Å². The summed E-state index contributed by atoms with van der Waals surface area (Å²) in [7, 11) is 0. The zero-order valence-electron chi connectivity index (χ0n) is 11.0. The topological polar surface area (TPSA) is 0 Å². The van der Waals surface area contributed by atoms with Crippen LogP contribution < -0.4 is 0 Å². The highest BCUT2D eigenvalue weighted by molar-refractivity contribution is 4.90. The van der Waals surface area contributed by atoms with Crippen molar-refractivity contribution in [3.05, 3.63) is 0 Å². The van der Waals surface area contributed by atoms with Crippen LogP contribution in [-0.2, 0) is 0 Å². The van der Waals surface area contributed by atoms with Crippen molar-refractivity contribution in [1.29, 1.82) is 0 Å². The second-order valence-corrected chi connectivity index (χ2v) is 7.06. The van der Waals surface area contributed by atoms with Gasteiger partial charge in [0.05, 0.1) is 0 Å². The van der Waals surface area contributed by atoms with E-state index in [0.29, 0.717) is 0 Å². The fourth-order valence-corrected chi connectivity index (χ4v) is 4.92. The third-order valence-electron chi connectivity index (χ3n) is 6.00. The molecule has 0 aromatic carbocycles. The third kappa shape index (κ3) is 2.17. The minimum atomic E-state index is 1.03. The van der Waals surface area contributed by atoms with Gasteiger partial charge >= 0.3 is 0 Å².